The van der Waals surface area contributed by atoms with Crippen molar-refractivity contribution < 1.29 is 9.53 Å². The van der Waals surface area contributed by atoms with E-state index in [9.17, 15) is 4.79 Å². The Balaban J connectivity index is 1.57. The summed E-state index contributed by atoms with van der Waals surface area (Å²) >= 11 is 6.19. The zero-order valence-electron chi connectivity index (χ0n) is 15.9. The lowest BCUT2D eigenvalue weighted by Crippen LogP contribution is -2.20. The maximum absolute atomic E-state index is 12.4. The number of carbonyl (C=O) groups is 1. The Bertz CT molecular complexity index is 1180. The molecule has 0 bridgehead atoms. The van der Waals surface area contributed by atoms with Gasteiger partial charge in [0.2, 0.25) is 0 Å². The Labute approximate surface area is 174 Å². The number of amides is 1. The molecule has 3 aromatic carbocycles. The summed E-state index contributed by atoms with van der Waals surface area (Å²) in [6.45, 7) is 1.81. The molecular weight excluding hydrogens is 384 g/mol. The van der Waals surface area contributed by atoms with Gasteiger partial charge in [0.15, 0.2) is 6.61 Å². The van der Waals surface area contributed by atoms with Crippen LogP contribution in [-0.4, -0.2) is 17.5 Å². The first-order chi connectivity index (χ1) is 14.1. The first kappa shape index (κ1) is 19.0. The molecule has 4 aromatic rings. The SMILES string of the molecule is Cc1ccc(NC(=O)COc2cc(-c3ccccc3)nc3ccccc23)c(Cl)c1. The second-order valence-corrected chi connectivity index (χ2v) is 7.12. The molecule has 0 aliphatic heterocycles. The topological polar surface area (TPSA) is 51.2 Å². The fourth-order valence-electron chi connectivity index (χ4n) is 3.07. The molecule has 5 heteroatoms. The number of aryl methyl sites for hydroxylation is 1. The van der Waals surface area contributed by atoms with Crippen LogP contribution in [0.3, 0.4) is 0 Å². The number of hydrogen-bond acceptors (Lipinski definition) is 3. The molecule has 4 rings (SSSR count). The highest BCUT2D eigenvalue weighted by atomic mass is 35.5. The molecule has 0 aliphatic rings. The highest BCUT2D eigenvalue weighted by molar-refractivity contribution is 6.33. The number of benzene rings is 3. The smallest absolute Gasteiger partial charge is 0.262 e. The molecule has 29 heavy (non-hydrogen) atoms. The van der Waals surface area contributed by atoms with Crippen LogP contribution in [0.15, 0.2) is 78.9 Å². The van der Waals surface area contributed by atoms with Gasteiger partial charge in [-0.3, -0.25) is 4.79 Å². The third-order valence-corrected chi connectivity index (χ3v) is 4.82. The van der Waals surface area contributed by atoms with Crippen LogP contribution in [0.4, 0.5) is 5.69 Å². The van der Waals surface area contributed by atoms with Crippen molar-refractivity contribution >= 4 is 34.1 Å². The van der Waals surface area contributed by atoms with E-state index in [1.165, 1.54) is 0 Å². The van der Waals surface area contributed by atoms with Gasteiger partial charge in [-0.1, -0.05) is 60.1 Å². The van der Waals surface area contributed by atoms with E-state index in [2.05, 4.69) is 5.32 Å². The van der Waals surface area contributed by atoms with Crippen molar-refractivity contribution in [3.63, 3.8) is 0 Å². The molecule has 0 saturated heterocycles. The van der Waals surface area contributed by atoms with E-state index in [4.69, 9.17) is 21.3 Å². The fraction of sp³-hybridized carbons (Fsp3) is 0.0833. The zero-order valence-corrected chi connectivity index (χ0v) is 16.6. The molecule has 0 unspecified atom stereocenters. The predicted octanol–water partition coefficient (Wildman–Crippen LogP) is 5.88. The monoisotopic (exact) mass is 402 g/mol. The van der Waals surface area contributed by atoms with Crippen molar-refractivity contribution in [2.45, 2.75) is 6.92 Å². The van der Waals surface area contributed by atoms with Crippen molar-refractivity contribution in [1.29, 1.82) is 0 Å². The average molecular weight is 403 g/mol. The van der Waals surface area contributed by atoms with Crippen LogP contribution in [-0.2, 0) is 4.79 Å². The minimum Gasteiger partial charge on any atom is -0.483 e. The van der Waals surface area contributed by atoms with Gasteiger partial charge in [0, 0.05) is 17.0 Å². The molecule has 1 amide bonds. The Morgan fingerprint density at radius 1 is 1.00 bits per heavy atom. The number of halogens is 1. The van der Waals surface area contributed by atoms with Crippen molar-refractivity contribution in [3.8, 4) is 17.0 Å². The number of hydrogen-bond donors (Lipinski definition) is 1. The molecule has 4 nitrogen and oxygen atoms in total. The van der Waals surface area contributed by atoms with Crippen LogP contribution in [0.25, 0.3) is 22.2 Å². The average Bonchev–Trinajstić information content (AvgIpc) is 2.74. The van der Waals surface area contributed by atoms with E-state index < -0.39 is 0 Å². The van der Waals surface area contributed by atoms with Gasteiger partial charge >= 0.3 is 0 Å². The summed E-state index contributed by atoms with van der Waals surface area (Å²) < 4.78 is 5.88. The molecule has 0 radical (unpaired) electrons. The number of carbonyl (C=O) groups excluding carboxylic acids is 1. The maximum atomic E-state index is 12.4. The van der Waals surface area contributed by atoms with Crippen LogP contribution in [0, 0.1) is 6.92 Å². The van der Waals surface area contributed by atoms with E-state index in [1.54, 1.807) is 12.1 Å². The van der Waals surface area contributed by atoms with Crippen LogP contribution < -0.4 is 10.1 Å². The molecular formula is C24H19ClN2O2. The summed E-state index contributed by atoms with van der Waals surface area (Å²) in [5.41, 5.74) is 4.18. The van der Waals surface area contributed by atoms with E-state index in [0.717, 1.165) is 27.7 Å². The van der Waals surface area contributed by atoms with Gasteiger partial charge in [0.05, 0.1) is 21.9 Å². The lowest BCUT2D eigenvalue weighted by Gasteiger charge is -2.12. The molecule has 0 aliphatic carbocycles. The summed E-state index contributed by atoms with van der Waals surface area (Å²) in [5.74, 6) is 0.331. The Morgan fingerprint density at radius 2 is 1.76 bits per heavy atom. The second kappa shape index (κ2) is 8.33. The number of pyridine rings is 1. The Kier molecular flexibility index (Phi) is 5.45. The fourth-order valence-corrected chi connectivity index (χ4v) is 3.35. The van der Waals surface area contributed by atoms with Gasteiger partial charge in [-0.25, -0.2) is 4.98 Å². The van der Waals surface area contributed by atoms with E-state index >= 15 is 0 Å². The quantitative estimate of drug-likeness (QED) is 0.453. The summed E-state index contributed by atoms with van der Waals surface area (Å²) in [6, 6.07) is 24.9. The maximum Gasteiger partial charge on any atom is 0.262 e. The molecule has 0 fully saturated rings. The van der Waals surface area contributed by atoms with Gasteiger partial charge in [-0.05, 0) is 36.8 Å². The number of anilines is 1. The number of nitrogens with zero attached hydrogens (tertiary/aromatic N) is 1. The third-order valence-electron chi connectivity index (χ3n) is 4.51. The number of rotatable bonds is 5. The van der Waals surface area contributed by atoms with Gasteiger partial charge in [0.1, 0.15) is 5.75 Å². The Hall–Kier alpha value is -3.37. The van der Waals surface area contributed by atoms with Crippen molar-refractivity contribution in [3.05, 3.63) is 89.4 Å². The molecule has 0 saturated carbocycles. The highest BCUT2D eigenvalue weighted by Gasteiger charge is 2.11. The van der Waals surface area contributed by atoms with Crippen molar-refractivity contribution in [2.24, 2.45) is 0 Å². The van der Waals surface area contributed by atoms with Gasteiger partial charge in [0.25, 0.3) is 5.91 Å². The van der Waals surface area contributed by atoms with Crippen LogP contribution >= 0.6 is 11.6 Å². The van der Waals surface area contributed by atoms with Gasteiger partial charge in [-0.15, -0.1) is 0 Å². The Morgan fingerprint density at radius 3 is 2.55 bits per heavy atom. The molecule has 0 atom stereocenters. The van der Waals surface area contributed by atoms with Crippen LogP contribution in [0.2, 0.25) is 5.02 Å². The third kappa shape index (κ3) is 4.39. The molecule has 1 N–H and O–H groups in total. The van der Waals surface area contributed by atoms with Crippen LogP contribution in [0.5, 0.6) is 5.75 Å². The van der Waals surface area contributed by atoms with Gasteiger partial charge < -0.3 is 10.1 Å². The normalized spacial score (nSPS) is 10.7. The van der Waals surface area contributed by atoms with Crippen molar-refractivity contribution in [1.82, 2.24) is 4.98 Å². The minimum atomic E-state index is -0.280. The predicted molar refractivity (Wildman–Crippen MR) is 117 cm³/mol. The van der Waals surface area contributed by atoms with Crippen LogP contribution in [0.1, 0.15) is 5.56 Å². The summed E-state index contributed by atoms with van der Waals surface area (Å²) in [4.78, 5) is 17.1. The molecule has 0 spiro atoms. The number of nitrogens with one attached hydrogen (secondary N) is 1. The highest BCUT2D eigenvalue weighted by Crippen LogP contribution is 2.30. The molecule has 144 valence electrons. The first-order valence-electron chi connectivity index (χ1n) is 9.24. The lowest BCUT2D eigenvalue weighted by molar-refractivity contribution is -0.118. The van der Waals surface area contributed by atoms with E-state index in [0.29, 0.717) is 16.5 Å². The minimum absolute atomic E-state index is 0.132. The van der Waals surface area contributed by atoms with E-state index in [-0.39, 0.29) is 12.5 Å². The number of para-hydroxylation sites is 1. The summed E-state index contributed by atoms with van der Waals surface area (Å²) in [6.07, 6.45) is 0. The number of ether oxygens (including phenoxy) is 1. The zero-order chi connectivity index (χ0) is 20.2. The number of aromatic nitrogens is 1. The molecule has 1 aromatic heterocycles. The van der Waals surface area contributed by atoms with Crippen molar-refractivity contribution in [2.75, 3.05) is 11.9 Å². The first-order valence-corrected chi connectivity index (χ1v) is 9.62. The molecule has 1 heterocycles. The summed E-state index contributed by atoms with van der Waals surface area (Å²) in [7, 11) is 0. The standard InChI is InChI=1S/C24H19ClN2O2/c1-16-11-12-21(19(25)13-16)27-24(28)15-29-23-14-22(17-7-3-2-4-8-17)26-20-10-6-5-9-18(20)23/h2-14H,15H2,1H3,(H,27,28). The lowest BCUT2D eigenvalue weighted by atomic mass is 10.1. The largest absolute Gasteiger partial charge is 0.483 e. The second-order valence-electron chi connectivity index (χ2n) is 6.71. The summed E-state index contributed by atoms with van der Waals surface area (Å²) in [5, 5.41) is 4.14. The van der Waals surface area contributed by atoms with Gasteiger partial charge in [-0.2, -0.15) is 0 Å². The number of fused-ring (bicyclic) bond motifs is 1. The van der Waals surface area contributed by atoms with E-state index in [1.807, 2.05) is 73.7 Å².